The molecule has 0 aliphatic heterocycles. The van der Waals surface area contributed by atoms with E-state index in [0.717, 1.165) is 25.5 Å². The minimum Gasteiger partial charge on any atom is -0.566 e. The standard InChI is InChI=1S/C13H12BN3OS2/c1-6-13(20-8(3)16-6)12(18-14)10(5-15)11-7(2)19-9(4)17-11/h1-4H3. The maximum Gasteiger partial charge on any atom is 0.374 e. The summed E-state index contributed by atoms with van der Waals surface area (Å²) in [5.74, 6) is 0.337. The van der Waals surface area contributed by atoms with Gasteiger partial charge >= 0.3 is 8.05 Å². The van der Waals surface area contributed by atoms with Crippen LogP contribution in [0.25, 0.3) is 11.3 Å². The average Bonchev–Trinajstić information content (AvgIpc) is 2.88. The fourth-order valence-corrected chi connectivity index (χ4v) is 3.68. The molecule has 0 saturated heterocycles. The molecular formula is C13H12BN3OS2. The minimum absolute atomic E-state index is 0.337. The van der Waals surface area contributed by atoms with E-state index in [-0.39, 0.29) is 0 Å². The molecule has 0 bridgehead atoms. The summed E-state index contributed by atoms with van der Waals surface area (Å²) in [4.78, 5) is 10.5. The first-order valence-electron chi connectivity index (χ1n) is 5.87. The highest BCUT2D eigenvalue weighted by Crippen LogP contribution is 2.34. The van der Waals surface area contributed by atoms with Crippen molar-refractivity contribution in [1.82, 2.24) is 9.97 Å². The lowest BCUT2D eigenvalue weighted by atomic mass is 10.1. The van der Waals surface area contributed by atoms with Gasteiger partial charge in [0.1, 0.15) is 17.4 Å². The van der Waals surface area contributed by atoms with E-state index in [9.17, 15) is 5.26 Å². The Hall–Kier alpha value is -1.65. The third kappa shape index (κ3) is 2.62. The van der Waals surface area contributed by atoms with Gasteiger partial charge in [-0.05, 0) is 27.7 Å². The van der Waals surface area contributed by atoms with Crippen molar-refractivity contribution in [3.63, 3.8) is 0 Å². The van der Waals surface area contributed by atoms with E-state index in [1.54, 1.807) is 11.3 Å². The number of rotatable bonds is 3. The molecule has 0 aliphatic rings. The summed E-state index contributed by atoms with van der Waals surface area (Å²) in [5.41, 5.74) is 1.77. The van der Waals surface area contributed by atoms with E-state index in [2.05, 4.69) is 16.0 Å². The summed E-state index contributed by atoms with van der Waals surface area (Å²) in [7, 11) is 5.40. The van der Waals surface area contributed by atoms with Crippen molar-refractivity contribution in [3.8, 4) is 6.07 Å². The quantitative estimate of drug-likeness (QED) is 0.496. The molecule has 0 aliphatic carbocycles. The molecule has 20 heavy (non-hydrogen) atoms. The molecule has 2 heterocycles. The van der Waals surface area contributed by atoms with Gasteiger partial charge in [0.2, 0.25) is 0 Å². The molecule has 7 heteroatoms. The molecule has 0 atom stereocenters. The summed E-state index contributed by atoms with van der Waals surface area (Å²) in [6.45, 7) is 7.60. The van der Waals surface area contributed by atoms with Gasteiger partial charge in [-0.1, -0.05) is 0 Å². The molecule has 2 aromatic heterocycles. The number of nitrogens with zero attached hydrogens (tertiary/aromatic N) is 3. The second-order valence-electron chi connectivity index (χ2n) is 4.22. The monoisotopic (exact) mass is 301 g/mol. The predicted molar refractivity (Wildman–Crippen MR) is 82.4 cm³/mol. The number of nitriles is 1. The minimum atomic E-state index is 0.337. The van der Waals surface area contributed by atoms with Crippen LogP contribution in [0.1, 0.15) is 31.2 Å². The van der Waals surface area contributed by atoms with Gasteiger partial charge in [-0.3, -0.25) is 0 Å². The Morgan fingerprint density at radius 2 is 1.80 bits per heavy atom. The van der Waals surface area contributed by atoms with E-state index in [1.807, 2.05) is 27.7 Å². The fraction of sp³-hybridized carbons (Fsp3) is 0.308. The van der Waals surface area contributed by atoms with E-state index in [0.29, 0.717) is 17.0 Å². The molecule has 0 amide bonds. The zero-order valence-electron chi connectivity index (χ0n) is 11.6. The van der Waals surface area contributed by atoms with Crippen LogP contribution < -0.4 is 0 Å². The smallest absolute Gasteiger partial charge is 0.374 e. The Bertz CT molecular complexity index is 725. The molecule has 100 valence electrons. The lowest BCUT2D eigenvalue weighted by molar-refractivity contribution is 0.576. The highest BCUT2D eigenvalue weighted by Gasteiger charge is 2.20. The molecule has 0 spiro atoms. The number of hydrogen-bond donors (Lipinski definition) is 0. The average molecular weight is 301 g/mol. The van der Waals surface area contributed by atoms with Gasteiger partial charge in [0.15, 0.2) is 0 Å². The van der Waals surface area contributed by atoms with Gasteiger partial charge in [0, 0.05) is 4.88 Å². The molecule has 4 nitrogen and oxygen atoms in total. The van der Waals surface area contributed by atoms with Crippen molar-refractivity contribution in [1.29, 1.82) is 5.26 Å². The van der Waals surface area contributed by atoms with Crippen molar-refractivity contribution in [2.24, 2.45) is 0 Å². The summed E-state index contributed by atoms with van der Waals surface area (Å²) in [6.07, 6.45) is 0. The van der Waals surface area contributed by atoms with E-state index < -0.39 is 0 Å². The number of thiazole rings is 2. The summed E-state index contributed by atoms with van der Waals surface area (Å²) >= 11 is 2.99. The number of aryl methyl sites for hydroxylation is 4. The van der Waals surface area contributed by atoms with Crippen LogP contribution in [-0.2, 0) is 4.65 Å². The van der Waals surface area contributed by atoms with Crippen LogP contribution >= 0.6 is 22.7 Å². The Kier molecular flexibility index (Phi) is 4.26. The van der Waals surface area contributed by atoms with Gasteiger partial charge in [-0.2, -0.15) is 5.26 Å². The lowest BCUT2D eigenvalue weighted by Gasteiger charge is -2.08. The Balaban J connectivity index is 2.69. The zero-order chi connectivity index (χ0) is 14.9. The molecule has 0 unspecified atom stereocenters. The maximum absolute atomic E-state index is 9.48. The topological polar surface area (TPSA) is 58.8 Å². The van der Waals surface area contributed by atoms with Crippen molar-refractivity contribution in [2.45, 2.75) is 27.7 Å². The van der Waals surface area contributed by atoms with Gasteiger partial charge < -0.3 is 4.65 Å². The van der Waals surface area contributed by atoms with Gasteiger partial charge in [0.25, 0.3) is 0 Å². The Morgan fingerprint density at radius 1 is 1.15 bits per heavy atom. The third-order valence-corrected chi connectivity index (χ3v) is 4.66. The normalized spacial score (nSPS) is 11.9. The van der Waals surface area contributed by atoms with Crippen LogP contribution in [-0.4, -0.2) is 18.0 Å². The van der Waals surface area contributed by atoms with Crippen LogP contribution in [0.3, 0.4) is 0 Å². The first-order chi connectivity index (χ1) is 9.47. The molecular weight excluding hydrogens is 289 g/mol. The van der Waals surface area contributed by atoms with Gasteiger partial charge in [0.05, 0.1) is 26.3 Å². The lowest BCUT2D eigenvalue weighted by Crippen LogP contribution is -1.96. The number of allylic oxidation sites excluding steroid dienone is 1. The summed E-state index contributed by atoms with van der Waals surface area (Å²) in [6, 6.07) is 2.16. The molecule has 0 saturated carbocycles. The Labute approximate surface area is 127 Å². The maximum atomic E-state index is 9.48. The second-order valence-corrected chi connectivity index (χ2v) is 6.83. The van der Waals surface area contributed by atoms with Crippen molar-refractivity contribution < 1.29 is 4.65 Å². The highest BCUT2D eigenvalue weighted by atomic mass is 32.1. The molecule has 2 aromatic rings. The third-order valence-electron chi connectivity index (χ3n) is 2.71. The number of hydrogen-bond acceptors (Lipinski definition) is 6. The highest BCUT2D eigenvalue weighted by molar-refractivity contribution is 7.13. The van der Waals surface area contributed by atoms with Crippen LogP contribution in [0, 0.1) is 39.0 Å². The molecule has 0 aromatic carbocycles. The van der Waals surface area contributed by atoms with Crippen molar-refractivity contribution in [3.05, 3.63) is 31.2 Å². The van der Waals surface area contributed by atoms with Crippen LogP contribution in [0.4, 0.5) is 0 Å². The van der Waals surface area contributed by atoms with E-state index in [4.69, 9.17) is 12.7 Å². The van der Waals surface area contributed by atoms with E-state index in [1.165, 1.54) is 11.3 Å². The van der Waals surface area contributed by atoms with Gasteiger partial charge in [-0.15, -0.1) is 22.7 Å². The van der Waals surface area contributed by atoms with Crippen molar-refractivity contribution >= 4 is 42.1 Å². The summed E-state index contributed by atoms with van der Waals surface area (Å²) < 4.78 is 4.99. The first-order valence-corrected chi connectivity index (χ1v) is 7.51. The van der Waals surface area contributed by atoms with Crippen LogP contribution in [0.15, 0.2) is 0 Å². The first kappa shape index (κ1) is 14.8. The zero-order valence-corrected chi connectivity index (χ0v) is 13.3. The SMILES string of the molecule is [B]OC(=C(C#N)c1nc(C)sc1C)c1sc(C)nc1C. The molecule has 2 radical (unpaired) electrons. The van der Waals surface area contributed by atoms with Crippen LogP contribution in [0.2, 0.25) is 0 Å². The van der Waals surface area contributed by atoms with Gasteiger partial charge in [-0.25, -0.2) is 9.97 Å². The largest absolute Gasteiger partial charge is 0.566 e. The molecule has 0 fully saturated rings. The molecule has 2 rings (SSSR count). The predicted octanol–water partition coefficient (Wildman–Crippen LogP) is 3.33. The molecule has 0 N–H and O–H groups in total. The Morgan fingerprint density at radius 3 is 2.20 bits per heavy atom. The van der Waals surface area contributed by atoms with Crippen LogP contribution in [0.5, 0.6) is 0 Å². The van der Waals surface area contributed by atoms with E-state index >= 15 is 0 Å². The van der Waals surface area contributed by atoms with Crippen molar-refractivity contribution in [2.75, 3.05) is 0 Å². The number of aromatic nitrogens is 2. The summed E-state index contributed by atoms with van der Waals surface area (Å²) in [5, 5.41) is 11.3. The second kappa shape index (κ2) is 5.77. The fourth-order valence-electron chi connectivity index (χ4n) is 1.94.